The minimum absolute atomic E-state index is 0.0319. The Morgan fingerprint density at radius 3 is 2.24 bits per heavy atom. The number of carboxylic acids is 1. The van der Waals surface area contributed by atoms with Gasteiger partial charge in [-0.15, -0.1) is 0 Å². The van der Waals surface area contributed by atoms with Crippen molar-refractivity contribution in [2.75, 3.05) is 13.2 Å². The highest BCUT2D eigenvalue weighted by molar-refractivity contribution is 5.86. The third kappa shape index (κ3) is 2.60. The molecule has 3 saturated heterocycles. The second-order valence-corrected chi connectivity index (χ2v) is 6.35. The minimum atomic E-state index is -1.22. The zero-order valence-electron chi connectivity index (χ0n) is 12.0. The van der Waals surface area contributed by atoms with Crippen molar-refractivity contribution in [3.05, 3.63) is 0 Å². The fourth-order valence-electron chi connectivity index (χ4n) is 3.86. The van der Waals surface area contributed by atoms with E-state index in [-0.39, 0.29) is 24.2 Å². The summed E-state index contributed by atoms with van der Waals surface area (Å²) in [5, 5.41) is 22.0. The number of carboxylic acid groups (broad SMARTS) is 1. The first kappa shape index (κ1) is 14.6. The maximum atomic E-state index is 12.6. The first-order chi connectivity index (χ1) is 10.0. The van der Waals surface area contributed by atoms with Crippen LogP contribution in [0, 0.1) is 0 Å². The summed E-state index contributed by atoms with van der Waals surface area (Å²) in [5.41, 5.74) is -1.22. The maximum absolute atomic E-state index is 12.6. The van der Waals surface area contributed by atoms with E-state index in [1.807, 2.05) is 0 Å². The third-order valence-electron chi connectivity index (χ3n) is 5.04. The Kier molecular flexibility index (Phi) is 3.79. The number of carbonyl (C=O) groups excluding carboxylic acids is 1. The van der Waals surface area contributed by atoms with Gasteiger partial charge in [0.05, 0.1) is 6.10 Å². The van der Waals surface area contributed by atoms with E-state index < -0.39 is 11.5 Å². The average molecular weight is 298 g/mol. The van der Waals surface area contributed by atoms with Gasteiger partial charge in [0.2, 0.25) is 0 Å². The molecule has 7 heteroatoms. The van der Waals surface area contributed by atoms with Crippen molar-refractivity contribution in [2.45, 2.75) is 62.3 Å². The molecule has 0 aromatic rings. The Balaban J connectivity index is 1.72. The van der Waals surface area contributed by atoms with Crippen LogP contribution in [0.2, 0.25) is 0 Å². The molecule has 2 bridgehead atoms. The normalized spacial score (nSPS) is 34.5. The molecule has 0 spiro atoms. The number of rotatable bonds is 2. The van der Waals surface area contributed by atoms with Crippen molar-refractivity contribution in [3.63, 3.8) is 0 Å². The first-order valence-electron chi connectivity index (χ1n) is 7.61. The topological polar surface area (TPSA) is 99.1 Å². The number of amides is 2. The molecule has 2 atom stereocenters. The molecule has 3 rings (SSSR count). The Hall–Kier alpha value is -1.34. The highest BCUT2D eigenvalue weighted by Gasteiger charge is 2.47. The van der Waals surface area contributed by atoms with Crippen LogP contribution in [0.15, 0.2) is 0 Å². The number of hydrogen-bond acceptors (Lipinski definition) is 4. The average Bonchev–Trinajstić information content (AvgIpc) is 2.72. The van der Waals surface area contributed by atoms with Gasteiger partial charge in [-0.3, -0.25) is 0 Å². The Labute approximate surface area is 123 Å². The lowest BCUT2D eigenvalue weighted by Crippen LogP contribution is -2.62. The minimum Gasteiger partial charge on any atom is -0.480 e. The fraction of sp³-hybridized carbons (Fsp3) is 0.857. The van der Waals surface area contributed by atoms with Crippen molar-refractivity contribution < 1.29 is 24.5 Å². The predicted molar refractivity (Wildman–Crippen MR) is 72.8 cm³/mol. The van der Waals surface area contributed by atoms with Crippen molar-refractivity contribution in [2.24, 2.45) is 0 Å². The zero-order valence-corrected chi connectivity index (χ0v) is 12.0. The van der Waals surface area contributed by atoms with Crippen LogP contribution in [0.5, 0.6) is 0 Å². The third-order valence-corrected chi connectivity index (χ3v) is 5.04. The molecule has 3 aliphatic rings. The quantitative estimate of drug-likeness (QED) is 0.682. The molecule has 3 fully saturated rings. The van der Waals surface area contributed by atoms with Gasteiger partial charge >= 0.3 is 12.0 Å². The van der Waals surface area contributed by atoms with Gasteiger partial charge in [0.25, 0.3) is 0 Å². The number of fused-ring (bicyclic) bond motifs is 2. The van der Waals surface area contributed by atoms with Crippen molar-refractivity contribution in [1.29, 1.82) is 0 Å². The van der Waals surface area contributed by atoms with Gasteiger partial charge in [0.1, 0.15) is 5.54 Å². The monoisotopic (exact) mass is 298 g/mol. The predicted octanol–water partition coefficient (Wildman–Crippen LogP) is 0.317. The number of ether oxygens (including phenoxy) is 1. The summed E-state index contributed by atoms with van der Waals surface area (Å²) >= 11 is 0. The highest BCUT2D eigenvalue weighted by atomic mass is 16.5. The standard InChI is InChI=1S/C14H22N2O5/c17-11-7-9-1-2-10(8-11)16(9)13(20)15-14(12(18)19)3-5-21-6-4-14/h9-11,17H,1-8H2,(H,15,20)(H,18,19). The number of piperidine rings is 1. The summed E-state index contributed by atoms with van der Waals surface area (Å²) in [6, 6.07) is -0.243. The Bertz CT molecular complexity index is 421. The number of nitrogens with one attached hydrogen (secondary N) is 1. The molecule has 3 N–H and O–H groups in total. The highest BCUT2D eigenvalue weighted by Crippen LogP contribution is 2.36. The molecule has 21 heavy (non-hydrogen) atoms. The second kappa shape index (κ2) is 5.46. The SMILES string of the molecule is O=C(NC1(C(=O)O)CCOCC1)N1C2CCC1CC(O)C2. The van der Waals surface area contributed by atoms with Crippen molar-refractivity contribution >= 4 is 12.0 Å². The fourth-order valence-corrected chi connectivity index (χ4v) is 3.86. The Morgan fingerprint density at radius 1 is 1.14 bits per heavy atom. The van der Waals surface area contributed by atoms with E-state index in [1.165, 1.54) is 0 Å². The molecule has 0 aliphatic carbocycles. The lowest BCUT2D eigenvalue weighted by molar-refractivity contribution is -0.148. The molecular formula is C14H22N2O5. The lowest BCUT2D eigenvalue weighted by atomic mass is 9.90. The molecule has 0 aromatic carbocycles. The van der Waals surface area contributed by atoms with Crippen LogP contribution in [0.25, 0.3) is 0 Å². The maximum Gasteiger partial charge on any atom is 0.329 e. The molecule has 2 unspecified atom stereocenters. The van der Waals surface area contributed by atoms with E-state index in [1.54, 1.807) is 4.90 Å². The molecule has 118 valence electrons. The van der Waals surface area contributed by atoms with Gasteiger partial charge in [-0.05, 0) is 25.7 Å². The molecule has 0 radical (unpaired) electrons. The summed E-state index contributed by atoms with van der Waals surface area (Å²) in [5.74, 6) is -0.997. The van der Waals surface area contributed by atoms with E-state index in [4.69, 9.17) is 4.74 Å². The molecule has 3 heterocycles. The van der Waals surface area contributed by atoms with E-state index in [0.717, 1.165) is 12.8 Å². The summed E-state index contributed by atoms with van der Waals surface area (Å²) in [6.45, 7) is 0.691. The van der Waals surface area contributed by atoms with E-state index >= 15 is 0 Å². The molecule has 3 aliphatic heterocycles. The van der Waals surface area contributed by atoms with Crippen LogP contribution in [0.4, 0.5) is 4.79 Å². The van der Waals surface area contributed by atoms with Crippen molar-refractivity contribution in [1.82, 2.24) is 10.2 Å². The summed E-state index contributed by atoms with van der Waals surface area (Å²) < 4.78 is 5.21. The largest absolute Gasteiger partial charge is 0.480 e. The smallest absolute Gasteiger partial charge is 0.329 e. The van der Waals surface area contributed by atoms with Crippen molar-refractivity contribution in [3.8, 4) is 0 Å². The second-order valence-electron chi connectivity index (χ2n) is 6.35. The van der Waals surface area contributed by atoms with E-state index in [9.17, 15) is 19.8 Å². The van der Waals surface area contributed by atoms with Gasteiger partial charge in [-0.2, -0.15) is 0 Å². The van der Waals surface area contributed by atoms with Crippen LogP contribution < -0.4 is 5.32 Å². The number of hydrogen-bond donors (Lipinski definition) is 3. The molecule has 0 aromatic heterocycles. The van der Waals surface area contributed by atoms with Crippen LogP contribution in [-0.4, -0.2) is 64.1 Å². The van der Waals surface area contributed by atoms with Gasteiger partial charge in [0.15, 0.2) is 0 Å². The summed E-state index contributed by atoms with van der Waals surface area (Å²) in [7, 11) is 0. The van der Waals surface area contributed by atoms with Gasteiger partial charge in [-0.25, -0.2) is 9.59 Å². The number of nitrogens with zero attached hydrogens (tertiary/aromatic N) is 1. The zero-order chi connectivity index (χ0) is 15.0. The number of aliphatic hydroxyl groups excluding tert-OH is 1. The number of aliphatic carboxylic acids is 1. The van der Waals surface area contributed by atoms with Crippen LogP contribution in [-0.2, 0) is 9.53 Å². The molecule has 7 nitrogen and oxygen atoms in total. The van der Waals surface area contributed by atoms with Crippen LogP contribution >= 0.6 is 0 Å². The lowest BCUT2D eigenvalue weighted by Gasteiger charge is -2.41. The van der Waals surface area contributed by atoms with E-state index in [2.05, 4.69) is 5.32 Å². The molecule has 0 saturated carbocycles. The van der Waals surface area contributed by atoms with Gasteiger partial charge in [0, 0.05) is 38.1 Å². The van der Waals surface area contributed by atoms with Crippen LogP contribution in [0.3, 0.4) is 0 Å². The summed E-state index contributed by atoms with van der Waals surface area (Å²) in [4.78, 5) is 25.9. The van der Waals surface area contributed by atoms with E-state index in [0.29, 0.717) is 38.9 Å². The van der Waals surface area contributed by atoms with Crippen LogP contribution in [0.1, 0.15) is 38.5 Å². The van der Waals surface area contributed by atoms with Gasteiger partial charge in [-0.1, -0.05) is 0 Å². The molecular weight excluding hydrogens is 276 g/mol. The Morgan fingerprint density at radius 2 is 1.71 bits per heavy atom. The van der Waals surface area contributed by atoms with Gasteiger partial charge < -0.3 is 25.2 Å². The number of carbonyl (C=O) groups is 2. The first-order valence-corrected chi connectivity index (χ1v) is 7.61. The molecule has 2 amide bonds. The summed E-state index contributed by atoms with van der Waals surface area (Å²) in [6.07, 6.45) is 3.19. The number of aliphatic hydroxyl groups is 1. The number of urea groups is 1.